The summed E-state index contributed by atoms with van der Waals surface area (Å²) in [4.78, 5) is 27.1. The number of hydrogen-bond acceptors (Lipinski definition) is 6. The van der Waals surface area contributed by atoms with E-state index in [4.69, 9.17) is 10.5 Å². The Morgan fingerprint density at radius 2 is 2.20 bits per heavy atom. The van der Waals surface area contributed by atoms with Crippen molar-refractivity contribution in [1.82, 2.24) is 15.0 Å². The molecule has 0 unspecified atom stereocenters. The van der Waals surface area contributed by atoms with Gasteiger partial charge in [-0.05, 0) is 24.1 Å². The van der Waals surface area contributed by atoms with Gasteiger partial charge in [-0.2, -0.15) is 4.98 Å². The zero-order valence-electron chi connectivity index (χ0n) is 13.6. The van der Waals surface area contributed by atoms with Crippen LogP contribution < -0.4 is 16.0 Å². The van der Waals surface area contributed by atoms with E-state index < -0.39 is 0 Å². The first kappa shape index (κ1) is 16.4. The molecule has 0 spiro atoms. The van der Waals surface area contributed by atoms with Crippen LogP contribution in [-0.4, -0.2) is 21.2 Å². The number of pyridine rings is 1. The summed E-state index contributed by atoms with van der Waals surface area (Å²) in [6, 6.07) is 9.60. The second-order valence-electron chi connectivity index (χ2n) is 5.33. The van der Waals surface area contributed by atoms with Crippen molar-refractivity contribution in [1.29, 1.82) is 0 Å². The molecule has 0 amide bonds. The molecule has 0 aliphatic carbocycles. The van der Waals surface area contributed by atoms with Crippen LogP contribution in [0.25, 0.3) is 10.9 Å². The lowest BCUT2D eigenvalue weighted by Crippen LogP contribution is -2.12. The fourth-order valence-corrected chi connectivity index (χ4v) is 2.25. The molecular formula is C18H17N5O2. The first-order chi connectivity index (χ1) is 12.2. The average molecular weight is 335 g/mol. The fraction of sp³-hybridized carbons (Fsp3) is 0.111. The summed E-state index contributed by atoms with van der Waals surface area (Å²) in [7, 11) is 0. The van der Waals surface area contributed by atoms with Gasteiger partial charge in [-0.1, -0.05) is 24.3 Å². The Hall–Kier alpha value is -3.48. The molecule has 3 rings (SSSR count). The van der Waals surface area contributed by atoms with Gasteiger partial charge < -0.3 is 10.5 Å². The summed E-state index contributed by atoms with van der Waals surface area (Å²) in [6.45, 7) is 2.53. The summed E-state index contributed by atoms with van der Waals surface area (Å²) in [5.74, 6) is 0.278. The Bertz CT molecular complexity index is 1010. The molecule has 0 bridgehead atoms. The van der Waals surface area contributed by atoms with Crippen molar-refractivity contribution >= 4 is 17.1 Å². The molecule has 2 heterocycles. The lowest BCUT2D eigenvalue weighted by Gasteiger charge is -2.05. The lowest BCUT2D eigenvalue weighted by atomic mass is 10.1. The molecule has 0 fully saturated rings. The van der Waals surface area contributed by atoms with E-state index >= 15 is 0 Å². The number of H-pyrrole nitrogens is 1. The second-order valence-corrected chi connectivity index (χ2v) is 5.33. The van der Waals surface area contributed by atoms with E-state index in [-0.39, 0.29) is 17.3 Å². The summed E-state index contributed by atoms with van der Waals surface area (Å²) in [5, 5.41) is 0.439. The van der Waals surface area contributed by atoms with Crippen molar-refractivity contribution in [3.63, 3.8) is 0 Å². The molecule has 0 aliphatic rings. The topological polar surface area (TPSA) is 106 Å². The zero-order valence-corrected chi connectivity index (χ0v) is 13.6. The Labute approximate surface area is 143 Å². The zero-order chi connectivity index (χ0) is 17.6. The predicted octanol–water partition coefficient (Wildman–Crippen LogP) is 2.08. The summed E-state index contributed by atoms with van der Waals surface area (Å²) in [6.07, 6.45) is 5.79. The third-order valence-corrected chi connectivity index (χ3v) is 3.61. The van der Waals surface area contributed by atoms with Crippen molar-refractivity contribution < 1.29 is 4.74 Å². The molecule has 0 aliphatic heterocycles. The normalized spacial score (nSPS) is 12.0. The van der Waals surface area contributed by atoms with Gasteiger partial charge in [0.15, 0.2) is 5.76 Å². The average Bonchev–Trinajstić information content (AvgIpc) is 2.62. The van der Waals surface area contributed by atoms with Gasteiger partial charge in [-0.25, -0.2) is 0 Å². The Morgan fingerprint density at radius 3 is 3.00 bits per heavy atom. The van der Waals surface area contributed by atoms with Crippen LogP contribution in [0, 0.1) is 6.92 Å². The molecule has 0 atom stereocenters. The van der Waals surface area contributed by atoms with Gasteiger partial charge in [0.05, 0.1) is 29.9 Å². The third-order valence-electron chi connectivity index (χ3n) is 3.61. The highest BCUT2D eigenvalue weighted by Gasteiger charge is 2.06. The number of aromatic nitrogens is 3. The van der Waals surface area contributed by atoms with E-state index in [0.717, 1.165) is 11.1 Å². The molecule has 2 aromatic heterocycles. The molecule has 7 heteroatoms. The number of hydrogen-bond donors (Lipinski definition) is 2. The molecule has 7 nitrogen and oxygen atoms in total. The van der Waals surface area contributed by atoms with E-state index in [1.165, 1.54) is 24.8 Å². The standard InChI is InChI=1S/C18H17N5O2/c1-12-4-2-3-5-13(12)9-21-10-14(8-19)25-18-22-16-11-20-7-6-15(16)17(24)23-18/h2-8,10-11H,9,19H2,1H3,(H,22,23,24). The maximum Gasteiger partial charge on any atom is 0.302 e. The van der Waals surface area contributed by atoms with Crippen molar-refractivity contribution in [3.05, 3.63) is 76.2 Å². The lowest BCUT2D eigenvalue weighted by molar-refractivity contribution is 0.418. The van der Waals surface area contributed by atoms with Crippen LogP contribution in [0.1, 0.15) is 11.1 Å². The largest absolute Gasteiger partial charge is 0.422 e. The number of fused-ring (bicyclic) bond motifs is 1. The van der Waals surface area contributed by atoms with Gasteiger partial charge in [0.2, 0.25) is 0 Å². The highest BCUT2D eigenvalue weighted by atomic mass is 16.5. The summed E-state index contributed by atoms with van der Waals surface area (Å²) in [5.41, 5.74) is 7.97. The van der Waals surface area contributed by atoms with Gasteiger partial charge in [-0.15, -0.1) is 0 Å². The number of ether oxygens (including phenoxy) is 1. The number of aliphatic imine (C=N–C) groups is 1. The highest BCUT2D eigenvalue weighted by Crippen LogP contribution is 2.11. The molecule has 25 heavy (non-hydrogen) atoms. The number of allylic oxidation sites excluding steroid dienone is 1. The van der Waals surface area contributed by atoms with Crippen LogP contribution in [0.3, 0.4) is 0 Å². The molecule has 126 valence electrons. The smallest absolute Gasteiger partial charge is 0.302 e. The van der Waals surface area contributed by atoms with Gasteiger partial charge in [-0.3, -0.25) is 19.8 Å². The molecular weight excluding hydrogens is 318 g/mol. The number of nitrogens with one attached hydrogen (secondary N) is 1. The quantitative estimate of drug-likeness (QED) is 0.548. The minimum absolute atomic E-state index is 0.0320. The van der Waals surface area contributed by atoms with Crippen LogP contribution in [0.15, 0.2) is 64.5 Å². The molecule has 3 aromatic rings. The minimum Gasteiger partial charge on any atom is -0.422 e. The SMILES string of the molecule is Cc1ccccc1CN=CC(=CN)Oc1nc2cnccc2c(=O)[nH]1. The van der Waals surface area contributed by atoms with Gasteiger partial charge in [0.1, 0.15) is 0 Å². The number of aromatic amines is 1. The molecule has 0 saturated heterocycles. The first-order valence-corrected chi connectivity index (χ1v) is 7.65. The second kappa shape index (κ2) is 7.39. The van der Waals surface area contributed by atoms with Crippen LogP contribution in [0.4, 0.5) is 0 Å². The number of nitrogens with two attached hydrogens (primary N) is 1. The van der Waals surface area contributed by atoms with Gasteiger partial charge in [0.25, 0.3) is 5.56 Å². The number of nitrogens with zero attached hydrogens (tertiary/aromatic N) is 3. The van der Waals surface area contributed by atoms with E-state index in [1.54, 1.807) is 6.07 Å². The minimum atomic E-state index is -0.310. The predicted molar refractivity (Wildman–Crippen MR) is 96.4 cm³/mol. The van der Waals surface area contributed by atoms with Crippen molar-refractivity contribution in [3.8, 4) is 6.01 Å². The monoisotopic (exact) mass is 335 g/mol. The van der Waals surface area contributed by atoms with Crippen LogP contribution in [-0.2, 0) is 6.54 Å². The Morgan fingerprint density at radius 1 is 1.36 bits per heavy atom. The van der Waals surface area contributed by atoms with E-state index in [2.05, 4.69) is 19.9 Å². The van der Waals surface area contributed by atoms with Crippen LogP contribution in [0.5, 0.6) is 6.01 Å². The van der Waals surface area contributed by atoms with Crippen molar-refractivity contribution in [2.24, 2.45) is 10.7 Å². The van der Waals surface area contributed by atoms with Crippen molar-refractivity contribution in [2.45, 2.75) is 13.5 Å². The summed E-state index contributed by atoms with van der Waals surface area (Å²) < 4.78 is 5.51. The number of benzene rings is 1. The Balaban J connectivity index is 1.75. The van der Waals surface area contributed by atoms with Gasteiger partial charge >= 0.3 is 6.01 Å². The highest BCUT2D eigenvalue weighted by molar-refractivity contribution is 5.77. The van der Waals surface area contributed by atoms with Crippen LogP contribution in [0.2, 0.25) is 0 Å². The maximum absolute atomic E-state index is 12.0. The number of rotatable bonds is 5. The fourth-order valence-electron chi connectivity index (χ4n) is 2.25. The molecule has 1 aromatic carbocycles. The van der Waals surface area contributed by atoms with Crippen molar-refractivity contribution in [2.75, 3.05) is 0 Å². The van der Waals surface area contributed by atoms with E-state index in [1.807, 2.05) is 31.2 Å². The molecule has 0 radical (unpaired) electrons. The van der Waals surface area contributed by atoms with Gasteiger partial charge in [0, 0.05) is 12.4 Å². The number of aryl methyl sites for hydroxylation is 1. The summed E-state index contributed by atoms with van der Waals surface area (Å²) >= 11 is 0. The first-order valence-electron chi connectivity index (χ1n) is 7.65. The van der Waals surface area contributed by atoms with Crippen LogP contribution >= 0.6 is 0 Å². The molecule has 3 N–H and O–H groups in total. The van der Waals surface area contributed by atoms with E-state index in [0.29, 0.717) is 17.4 Å². The maximum atomic E-state index is 12.0. The Kier molecular flexibility index (Phi) is 4.84. The van der Waals surface area contributed by atoms with E-state index in [9.17, 15) is 4.79 Å². The molecule has 0 saturated carbocycles. The third kappa shape index (κ3) is 3.89.